The average molecular weight is 326 g/mol. The van der Waals surface area contributed by atoms with Crippen molar-refractivity contribution >= 4 is 23.4 Å². The molecule has 2 rings (SSSR count). The van der Waals surface area contributed by atoms with Crippen LogP contribution in [0.4, 0.5) is 11.4 Å². The van der Waals surface area contributed by atoms with Gasteiger partial charge in [-0.1, -0.05) is 18.2 Å². The Morgan fingerprint density at radius 3 is 2.42 bits per heavy atom. The normalized spacial score (nSPS) is 10.6. The predicted octanol–water partition coefficient (Wildman–Crippen LogP) is 3.87. The smallest absolute Gasteiger partial charge is 0.293 e. The summed E-state index contributed by atoms with van der Waals surface area (Å²) in [5.41, 5.74) is 2.47. The number of nitro groups is 1. The molecule has 1 amide bonds. The van der Waals surface area contributed by atoms with Crippen LogP contribution in [0, 0.1) is 24.0 Å². The van der Waals surface area contributed by atoms with E-state index in [4.69, 9.17) is 4.74 Å². The van der Waals surface area contributed by atoms with Crippen molar-refractivity contribution in [3.8, 4) is 5.75 Å². The molecule has 6 heteroatoms. The first kappa shape index (κ1) is 17.2. The minimum atomic E-state index is -0.505. The Morgan fingerprint density at radius 1 is 1.17 bits per heavy atom. The Bertz CT molecular complexity index is 795. The van der Waals surface area contributed by atoms with Crippen molar-refractivity contribution in [2.75, 3.05) is 12.4 Å². The summed E-state index contributed by atoms with van der Waals surface area (Å²) in [5.74, 6) is 0.297. The van der Waals surface area contributed by atoms with Crippen LogP contribution in [0.5, 0.6) is 5.75 Å². The Hall–Kier alpha value is -3.15. The van der Waals surface area contributed by atoms with E-state index in [0.717, 1.165) is 16.9 Å². The summed E-state index contributed by atoms with van der Waals surface area (Å²) >= 11 is 0. The largest absolute Gasteiger partial charge is 0.497 e. The van der Waals surface area contributed by atoms with Gasteiger partial charge in [0.05, 0.1) is 12.0 Å². The number of rotatable bonds is 5. The third-order valence-corrected chi connectivity index (χ3v) is 3.70. The van der Waals surface area contributed by atoms with Gasteiger partial charge in [-0.2, -0.15) is 0 Å². The summed E-state index contributed by atoms with van der Waals surface area (Å²) in [7, 11) is 1.58. The molecule has 24 heavy (non-hydrogen) atoms. The molecule has 0 aliphatic rings. The number of methoxy groups -OCH3 is 1. The minimum Gasteiger partial charge on any atom is -0.497 e. The van der Waals surface area contributed by atoms with Crippen LogP contribution in [-0.4, -0.2) is 17.9 Å². The minimum absolute atomic E-state index is 0.121. The maximum absolute atomic E-state index is 12.1. The van der Waals surface area contributed by atoms with Crippen LogP contribution in [0.15, 0.2) is 42.5 Å². The van der Waals surface area contributed by atoms with Gasteiger partial charge in [-0.15, -0.1) is 0 Å². The van der Waals surface area contributed by atoms with Gasteiger partial charge in [0.25, 0.3) is 5.69 Å². The zero-order valence-corrected chi connectivity index (χ0v) is 13.7. The van der Waals surface area contributed by atoms with E-state index in [-0.39, 0.29) is 11.4 Å². The lowest BCUT2D eigenvalue weighted by Gasteiger charge is -2.09. The fourth-order valence-corrected chi connectivity index (χ4v) is 2.16. The van der Waals surface area contributed by atoms with Crippen molar-refractivity contribution < 1.29 is 14.5 Å². The van der Waals surface area contributed by atoms with Crippen LogP contribution in [-0.2, 0) is 4.79 Å². The molecule has 2 aromatic rings. The van der Waals surface area contributed by atoms with Crippen LogP contribution in [0.3, 0.4) is 0 Å². The molecule has 124 valence electrons. The van der Waals surface area contributed by atoms with Gasteiger partial charge < -0.3 is 10.1 Å². The van der Waals surface area contributed by atoms with Crippen LogP contribution >= 0.6 is 0 Å². The fraction of sp³-hybridized carbons (Fsp3) is 0.167. The van der Waals surface area contributed by atoms with Crippen molar-refractivity contribution in [1.29, 1.82) is 0 Å². The quantitative estimate of drug-likeness (QED) is 0.514. The number of ether oxygens (including phenoxy) is 1. The molecule has 0 aliphatic carbocycles. The average Bonchev–Trinajstić information content (AvgIpc) is 2.57. The van der Waals surface area contributed by atoms with Crippen LogP contribution in [0.2, 0.25) is 0 Å². The van der Waals surface area contributed by atoms with Gasteiger partial charge >= 0.3 is 0 Å². The molecule has 0 saturated heterocycles. The second kappa shape index (κ2) is 7.41. The number of aryl methyl sites for hydroxylation is 1. The molecular formula is C18H18N2O4. The van der Waals surface area contributed by atoms with E-state index in [2.05, 4.69) is 5.32 Å². The summed E-state index contributed by atoms with van der Waals surface area (Å²) in [5, 5.41) is 13.7. The molecule has 0 saturated carbocycles. The van der Waals surface area contributed by atoms with E-state index in [0.29, 0.717) is 5.56 Å². The number of benzene rings is 2. The summed E-state index contributed by atoms with van der Waals surface area (Å²) in [6.45, 7) is 3.58. The molecule has 1 N–H and O–H groups in total. The molecule has 2 aromatic carbocycles. The first-order valence-corrected chi connectivity index (χ1v) is 7.30. The fourth-order valence-electron chi connectivity index (χ4n) is 2.16. The number of hydrogen-bond donors (Lipinski definition) is 1. The molecular weight excluding hydrogens is 308 g/mol. The monoisotopic (exact) mass is 326 g/mol. The number of nitro benzene ring substituents is 1. The van der Waals surface area contributed by atoms with Crippen LogP contribution in [0.1, 0.15) is 16.7 Å². The zero-order chi connectivity index (χ0) is 17.7. The Morgan fingerprint density at radius 2 is 1.83 bits per heavy atom. The highest BCUT2D eigenvalue weighted by atomic mass is 16.6. The van der Waals surface area contributed by atoms with Gasteiger partial charge in [0.2, 0.25) is 5.91 Å². The van der Waals surface area contributed by atoms with Gasteiger partial charge in [-0.3, -0.25) is 14.9 Å². The SMILES string of the molecule is COc1ccc(C=CC(=O)Nc2c([N+](=O)[O-])ccc(C)c2C)cc1. The number of amides is 1. The maximum Gasteiger partial charge on any atom is 0.293 e. The summed E-state index contributed by atoms with van der Waals surface area (Å²) in [6, 6.07) is 10.2. The van der Waals surface area contributed by atoms with E-state index >= 15 is 0 Å². The molecule has 0 unspecified atom stereocenters. The lowest BCUT2D eigenvalue weighted by Crippen LogP contribution is -2.11. The van der Waals surface area contributed by atoms with Gasteiger partial charge in [-0.25, -0.2) is 0 Å². The standard InChI is InChI=1S/C18H18N2O4/c1-12-4-10-16(20(22)23)18(13(12)2)19-17(21)11-7-14-5-8-15(24-3)9-6-14/h4-11H,1-3H3,(H,19,21). The lowest BCUT2D eigenvalue weighted by molar-refractivity contribution is -0.384. The van der Waals surface area contributed by atoms with E-state index in [9.17, 15) is 14.9 Å². The van der Waals surface area contributed by atoms with Crippen molar-refractivity contribution in [2.24, 2.45) is 0 Å². The highest BCUT2D eigenvalue weighted by Crippen LogP contribution is 2.30. The molecule has 0 heterocycles. The number of anilines is 1. The van der Waals surface area contributed by atoms with Crippen molar-refractivity contribution in [3.05, 3.63) is 69.3 Å². The van der Waals surface area contributed by atoms with Gasteiger partial charge in [0, 0.05) is 12.1 Å². The van der Waals surface area contributed by atoms with Crippen LogP contribution < -0.4 is 10.1 Å². The highest BCUT2D eigenvalue weighted by molar-refractivity contribution is 6.03. The van der Waals surface area contributed by atoms with Crippen molar-refractivity contribution in [1.82, 2.24) is 0 Å². The molecule has 6 nitrogen and oxygen atoms in total. The second-order valence-electron chi connectivity index (χ2n) is 5.25. The van der Waals surface area contributed by atoms with Gasteiger partial charge in [-0.05, 0) is 48.7 Å². The lowest BCUT2D eigenvalue weighted by atomic mass is 10.1. The van der Waals surface area contributed by atoms with E-state index in [1.165, 1.54) is 12.1 Å². The first-order valence-electron chi connectivity index (χ1n) is 7.30. The molecule has 0 bridgehead atoms. The van der Waals surface area contributed by atoms with Gasteiger partial charge in [0.15, 0.2) is 0 Å². The van der Waals surface area contributed by atoms with E-state index < -0.39 is 10.8 Å². The number of hydrogen-bond acceptors (Lipinski definition) is 4. The highest BCUT2D eigenvalue weighted by Gasteiger charge is 2.18. The van der Waals surface area contributed by atoms with Crippen molar-refractivity contribution in [3.63, 3.8) is 0 Å². The Kier molecular flexibility index (Phi) is 5.31. The molecule has 0 atom stereocenters. The van der Waals surface area contributed by atoms with Crippen LogP contribution in [0.25, 0.3) is 6.08 Å². The summed E-state index contributed by atoms with van der Waals surface area (Å²) in [4.78, 5) is 22.7. The molecule has 0 aromatic heterocycles. The topological polar surface area (TPSA) is 81.5 Å². The number of carbonyl (C=O) groups excluding carboxylic acids is 1. The van der Waals surface area contributed by atoms with Gasteiger partial charge in [0.1, 0.15) is 11.4 Å². The third kappa shape index (κ3) is 3.98. The molecule has 0 radical (unpaired) electrons. The number of nitrogens with zero attached hydrogens (tertiary/aromatic N) is 1. The maximum atomic E-state index is 12.1. The van der Waals surface area contributed by atoms with E-state index in [1.54, 1.807) is 38.3 Å². The Labute approximate surface area is 139 Å². The van der Waals surface area contributed by atoms with E-state index in [1.807, 2.05) is 19.1 Å². The molecule has 0 spiro atoms. The summed E-state index contributed by atoms with van der Waals surface area (Å²) < 4.78 is 5.07. The zero-order valence-electron chi connectivity index (χ0n) is 13.7. The third-order valence-electron chi connectivity index (χ3n) is 3.70. The Balaban J connectivity index is 2.18. The predicted molar refractivity (Wildman–Crippen MR) is 93.2 cm³/mol. The summed E-state index contributed by atoms with van der Waals surface area (Å²) in [6.07, 6.45) is 2.97. The van der Waals surface area contributed by atoms with Crippen molar-refractivity contribution in [2.45, 2.75) is 13.8 Å². The first-order chi connectivity index (χ1) is 11.4. The number of nitrogens with one attached hydrogen (secondary N) is 1. The number of carbonyl (C=O) groups is 1. The molecule has 0 aliphatic heterocycles. The second-order valence-corrected chi connectivity index (χ2v) is 5.25. The molecule has 0 fully saturated rings.